The Kier molecular flexibility index (Phi) is 6.42. The second-order valence-corrected chi connectivity index (χ2v) is 6.50. The molecular formula is C20H19ClFNO4. The fourth-order valence-corrected chi connectivity index (χ4v) is 3.09. The van der Waals surface area contributed by atoms with Crippen molar-refractivity contribution in [3.63, 3.8) is 0 Å². The molecule has 2 aromatic carbocycles. The molecule has 1 atom stereocenters. The standard InChI is InChI=1S/C20H19ClFNO4/c21-16-7-4-8-17(22)15(16)13-18(24)27-19(14-5-2-1-3-6-14)20(25)23-9-11-26-12-10-23/h1-8,19H,9-13H2. The zero-order valence-electron chi connectivity index (χ0n) is 14.6. The third-order valence-corrected chi connectivity index (χ3v) is 4.64. The van der Waals surface area contributed by atoms with Crippen LogP contribution in [0.2, 0.25) is 5.02 Å². The summed E-state index contributed by atoms with van der Waals surface area (Å²) < 4.78 is 24.7. The summed E-state index contributed by atoms with van der Waals surface area (Å²) in [5.74, 6) is -1.63. The van der Waals surface area contributed by atoms with E-state index in [1.807, 2.05) is 0 Å². The van der Waals surface area contributed by atoms with Gasteiger partial charge < -0.3 is 14.4 Å². The minimum Gasteiger partial charge on any atom is -0.447 e. The number of halogens is 2. The molecule has 0 bridgehead atoms. The molecule has 3 rings (SSSR count). The molecule has 27 heavy (non-hydrogen) atoms. The molecule has 1 saturated heterocycles. The van der Waals surface area contributed by atoms with Crippen LogP contribution in [0, 0.1) is 5.82 Å². The van der Waals surface area contributed by atoms with Crippen molar-refractivity contribution in [3.8, 4) is 0 Å². The molecule has 5 nitrogen and oxygen atoms in total. The summed E-state index contributed by atoms with van der Waals surface area (Å²) in [4.78, 5) is 27.0. The van der Waals surface area contributed by atoms with Gasteiger partial charge in [-0.3, -0.25) is 9.59 Å². The highest BCUT2D eigenvalue weighted by Crippen LogP contribution is 2.24. The number of rotatable bonds is 5. The van der Waals surface area contributed by atoms with E-state index >= 15 is 0 Å². The van der Waals surface area contributed by atoms with E-state index in [0.717, 1.165) is 0 Å². The molecule has 0 saturated carbocycles. The lowest BCUT2D eigenvalue weighted by Crippen LogP contribution is -2.44. The third-order valence-electron chi connectivity index (χ3n) is 4.28. The molecule has 1 aliphatic heterocycles. The number of carbonyl (C=O) groups excluding carboxylic acids is 2. The van der Waals surface area contributed by atoms with Crippen molar-refractivity contribution in [2.24, 2.45) is 0 Å². The average Bonchev–Trinajstić information content (AvgIpc) is 2.70. The number of esters is 1. The lowest BCUT2D eigenvalue weighted by Gasteiger charge is -2.30. The van der Waals surface area contributed by atoms with Gasteiger partial charge in [0.25, 0.3) is 5.91 Å². The minimum atomic E-state index is -1.10. The minimum absolute atomic E-state index is 0.0507. The van der Waals surface area contributed by atoms with E-state index in [0.29, 0.717) is 31.9 Å². The van der Waals surface area contributed by atoms with E-state index in [4.69, 9.17) is 21.1 Å². The summed E-state index contributed by atoms with van der Waals surface area (Å²) in [5, 5.41) is 0.141. The van der Waals surface area contributed by atoms with Crippen LogP contribution in [0.15, 0.2) is 48.5 Å². The lowest BCUT2D eigenvalue weighted by molar-refractivity contribution is -0.162. The maximum atomic E-state index is 13.9. The Balaban J connectivity index is 1.78. The van der Waals surface area contributed by atoms with Crippen LogP contribution in [0.25, 0.3) is 0 Å². The summed E-state index contributed by atoms with van der Waals surface area (Å²) in [6.07, 6.45) is -1.45. The Morgan fingerprint density at radius 3 is 2.48 bits per heavy atom. The van der Waals surface area contributed by atoms with Gasteiger partial charge >= 0.3 is 5.97 Å². The fourth-order valence-electron chi connectivity index (χ4n) is 2.86. The van der Waals surface area contributed by atoms with Crippen molar-refractivity contribution in [1.82, 2.24) is 4.90 Å². The van der Waals surface area contributed by atoms with Gasteiger partial charge in [-0.05, 0) is 12.1 Å². The van der Waals surface area contributed by atoms with Gasteiger partial charge in [0.15, 0.2) is 0 Å². The van der Waals surface area contributed by atoms with Crippen LogP contribution in [0.4, 0.5) is 4.39 Å². The van der Waals surface area contributed by atoms with Gasteiger partial charge in [-0.1, -0.05) is 48.0 Å². The second-order valence-electron chi connectivity index (χ2n) is 6.10. The normalized spacial score (nSPS) is 15.3. The Hall–Kier alpha value is -2.44. The first-order valence-electron chi connectivity index (χ1n) is 8.60. The van der Waals surface area contributed by atoms with Crippen molar-refractivity contribution in [1.29, 1.82) is 0 Å². The van der Waals surface area contributed by atoms with E-state index in [9.17, 15) is 14.0 Å². The van der Waals surface area contributed by atoms with Crippen LogP contribution >= 0.6 is 11.6 Å². The summed E-state index contributed by atoms with van der Waals surface area (Å²) in [5.41, 5.74) is 0.608. The molecule has 0 N–H and O–H groups in total. The second kappa shape index (κ2) is 8.97. The van der Waals surface area contributed by atoms with Crippen molar-refractivity contribution >= 4 is 23.5 Å². The predicted molar refractivity (Wildman–Crippen MR) is 97.8 cm³/mol. The number of hydrogen-bond donors (Lipinski definition) is 0. The Bertz CT molecular complexity index is 789. The zero-order chi connectivity index (χ0) is 19.2. The molecule has 1 amide bonds. The number of ether oxygens (including phenoxy) is 2. The van der Waals surface area contributed by atoms with Gasteiger partial charge in [0.2, 0.25) is 6.10 Å². The van der Waals surface area contributed by atoms with Gasteiger partial charge in [-0.15, -0.1) is 0 Å². The highest BCUT2D eigenvalue weighted by atomic mass is 35.5. The maximum absolute atomic E-state index is 13.9. The molecule has 0 aliphatic carbocycles. The van der Waals surface area contributed by atoms with E-state index < -0.39 is 17.9 Å². The fraction of sp³-hybridized carbons (Fsp3) is 0.300. The number of morpholine rings is 1. The molecular weight excluding hydrogens is 373 g/mol. The average molecular weight is 392 g/mol. The lowest BCUT2D eigenvalue weighted by atomic mass is 10.1. The highest BCUT2D eigenvalue weighted by molar-refractivity contribution is 6.31. The summed E-state index contributed by atoms with van der Waals surface area (Å²) in [7, 11) is 0. The van der Waals surface area contributed by atoms with Crippen LogP contribution < -0.4 is 0 Å². The van der Waals surface area contributed by atoms with E-state index in [1.165, 1.54) is 18.2 Å². The van der Waals surface area contributed by atoms with Gasteiger partial charge in [0.05, 0.1) is 19.6 Å². The molecule has 142 valence electrons. The Morgan fingerprint density at radius 2 is 1.81 bits per heavy atom. The summed E-state index contributed by atoms with van der Waals surface area (Å²) in [6, 6.07) is 12.9. The van der Waals surface area contributed by atoms with Gasteiger partial charge in [-0.25, -0.2) is 4.39 Å². The molecule has 1 heterocycles. The maximum Gasteiger partial charge on any atom is 0.311 e. The molecule has 7 heteroatoms. The van der Waals surface area contributed by atoms with Crippen LogP contribution in [0.3, 0.4) is 0 Å². The molecule has 0 spiro atoms. The van der Waals surface area contributed by atoms with Crippen molar-refractivity contribution in [2.45, 2.75) is 12.5 Å². The van der Waals surface area contributed by atoms with E-state index in [-0.39, 0.29) is 22.9 Å². The third kappa shape index (κ3) is 4.84. The van der Waals surface area contributed by atoms with Crippen molar-refractivity contribution in [2.75, 3.05) is 26.3 Å². The van der Waals surface area contributed by atoms with Crippen molar-refractivity contribution < 1.29 is 23.5 Å². The quantitative estimate of drug-likeness (QED) is 0.735. The van der Waals surface area contributed by atoms with Crippen LogP contribution in [-0.2, 0) is 25.5 Å². The number of benzene rings is 2. The molecule has 2 aromatic rings. The molecule has 0 radical (unpaired) electrons. The largest absolute Gasteiger partial charge is 0.447 e. The first-order chi connectivity index (χ1) is 13.1. The van der Waals surface area contributed by atoms with Gasteiger partial charge in [0, 0.05) is 29.2 Å². The van der Waals surface area contributed by atoms with E-state index in [2.05, 4.69) is 0 Å². The van der Waals surface area contributed by atoms with Crippen LogP contribution in [-0.4, -0.2) is 43.1 Å². The first kappa shape index (κ1) is 19.3. The molecule has 1 aliphatic rings. The summed E-state index contributed by atoms with van der Waals surface area (Å²) >= 11 is 5.97. The monoisotopic (exact) mass is 391 g/mol. The van der Waals surface area contributed by atoms with Gasteiger partial charge in [0.1, 0.15) is 5.82 Å². The number of amides is 1. The number of nitrogens with zero attached hydrogens (tertiary/aromatic N) is 1. The summed E-state index contributed by atoms with van der Waals surface area (Å²) in [6.45, 7) is 1.73. The van der Waals surface area contributed by atoms with Gasteiger partial charge in [-0.2, -0.15) is 0 Å². The zero-order valence-corrected chi connectivity index (χ0v) is 15.3. The van der Waals surface area contributed by atoms with E-state index in [1.54, 1.807) is 35.2 Å². The smallest absolute Gasteiger partial charge is 0.311 e. The Labute approximate surface area is 161 Å². The Morgan fingerprint density at radius 1 is 1.11 bits per heavy atom. The number of hydrogen-bond acceptors (Lipinski definition) is 4. The SMILES string of the molecule is O=C(Cc1c(F)cccc1Cl)OC(C(=O)N1CCOCC1)c1ccccc1. The number of carbonyl (C=O) groups is 2. The predicted octanol–water partition coefficient (Wildman–Crippen LogP) is 3.16. The van der Waals surface area contributed by atoms with Crippen LogP contribution in [0.5, 0.6) is 0 Å². The van der Waals surface area contributed by atoms with Crippen molar-refractivity contribution in [3.05, 3.63) is 70.5 Å². The first-order valence-corrected chi connectivity index (χ1v) is 8.98. The molecule has 0 aromatic heterocycles. The topological polar surface area (TPSA) is 55.8 Å². The highest BCUT2D eigenvalue weighted by Gasteiger charge is 2.30. The molecule has 1 unspecified atom stereocenters. The molecule has 1 fully saturated rings. The van der Waals surface area contributed by atoms with Crippen LogP contribution in [0.1, 0.15) is 17.2 Å².